The number of anilines is 1. The highest BCUT2D eigenvalue weighted by Crippen LogP contribution is 2.39. The van der Waals surface area contributed by atoms with Crippen LogP contribution < -0.4 is 4.90 Å². The molecule has 3 rings (SSSR count). The van der Waals surface area contributed by atoms with Gasteiger partial charge in [0.15, 0.2) is 0 Å². The molecule has 2 nitrogen and oxygen atoms in total. The number of nitrogens with zero attached hydrogens (tertiary/aromatic N) is 1. The fourth-order valence-electron chi connectivity index (χ4n) is 3.32. The van der Waals surface area contributed by atoms with Gasteiger partial charge in [0.1, 0.15) is 0 Å². The predicted molar refractivity (Wildman–Crippen MR) is 91.3 cm³/mol. The maximum atomic E-state index is 12.2. The van der Waals surface area contributed by atoms with E-state index in [1.165, 1.54) is 16.7 Å². The number of benzene rings is 2. The molecule has 1 heterocycles. The van der Waals surface area contributed by atoms with Gasteiger partial charge < -0.3 is 4.90 Å². The van der Waals surface area contributed by atoms with Crippen molar-refractivity contribution in [2.24, 2.45) is 0 Å². The smallest absolute Gasteiger partial charge is 0.226 e. The van der Waals surface area contributed by atoms with Crippen LogP contribution in [0.25, 0.3) is 0 Å². The second-order valence-corrected chi connectivity index (χ2v) is 6.14. The minimum absolute atomic E-state index is 0.229. The molecule has 0 spiro atoms. The van der Waals surface area contributed by atoms with Gasteiger partial charge >= 0.3 is 0 Å². The van der Waals surface area contributed by atoms with Crippen LogP contribution >= 0.6 is 0 Å². The Morgan fingerprint density at radius 1 is 1.18 bits per heavy atom. The molecular weight excluding hydrogens is 270 g/mol. The molecule has 0 radical (unpaired) electrons. The summed E-state index contributed by atoms with van der Waals surface area (Å²) in [7, 11) is 0. The van der Waals surface area contributed by atoms with E-state index in [1.54, 1.807) is 0 Å². The first-order valence-corrected chi connectivity index (χ1v) is 8.14. The molecule has 0 aliphatic carbocycles. The van der Waals surface area contributed by atoms with Crippen LogP contribution in [0.1, 0.15) is 42.4 Å². The van der Waals surface area contributed by atoms with Crippen molar-refractivity contribution in [1.29, 1.82) is 0 Å². The third kappa shape index (κ3) is 2.92. The minimum atomic E-state index is 0.229. The van der Waals surface area contributed by atoms with E-state index in [4.69, 9.17) is 0 Å². The molecule has 114 valence electrons. The van der Waals surface area contributed by atoms with Crippen molar-refractivity contribution in [3.05, 3.63) is 65.2 Å². The first-order valence-electron chi connectivity index (χ1n) is 8.14. The lowest BCUT2D eigenvalue weighted by molar-refractivity contribution is -0.118. The van der Waals surface area contributed by atoms with Crippen LogP contribution in [0.4, 0.5) is 5.69 Å². The summed E-state index contributed by atoms with van der Waals surface area (Å²) in [4.78, 5) is 14.2. The molecule has 0 saturated heterocycles. The Morgan fingerprint density at radius 3 is 2.68 bits per heavy atom. The van der Waals surface area contributed by atoms with E-state index in [0.29, 0.717) is 12.3 Å². The molecule has 2 aromatic carbocycles. The first kappa shape index (κ1) is 14.8. The van der Waals surface area contributed by atoms with Crippen LogP contribution in [0, 0.1) is 6.92 Å². The fraction of sp³-hybridized carbons (Fsp3) is 0.350. The quantitative estimate of drug-likeness (QED) is 0.814. The topological polar surface area (TPSA) is 20.3 Å². The first-order chi connectivity index (χ1) is 10.7. The largest absolute Gasteiger partial charge is 0.312 e. The summed E-state index contributed by atoms with van der Waals surface area (Å²) in [6, 6.07) is 17.1. The van der Waals surface area contributed by atoms with Gasteiger partial charge in [-0.15, -0.1) is 0 Å². The molecule has 1 atom stereocenters. The van der Waals surface area contributed by atoms with E-state index in [-0.39, 0.29) is 5.91 Å². The lowest BCUT2D eigenvalue weighted by Gasteiger charge is -2.17. The Balaban J connectivity index is 1.81. The average Bonchev–Trinajstić information content (AvgIpc) is 2.91. The minimum Gasteiger partial charge on any atom is -0.312 e. The average molecular weight is 293 g/mol. The van der Waals surface area contributed by atoms with Crippen molar-refractivity contribution < 1.29 is 4.79 Å². The number of rotatable bonds is 4. The van der Waals surface area contributed by atoms with Gasteiger partial charge in [0.2, 0.25) is 5.91 Å². The predicted octanol–water partition coefficient (Wildman–Crippen LogP) is 4.47. The van der Waals surface area contributed by atoms with E-state index in [9.17, 15) is 4.79 Å². The standard InChI is InChI=1S/C20H23NO/c1-3-20(22)21-14-17(11-10-16-7-5-4-6-8-16)18-13-15(2)9-12-19(18)21/h4-9,12-13,17H,3,10-11,14H2,1-2H3. The summed E-state index contributed by atoms with van der Waals surface area (Å²) in [5.41, 5.74) is 5.11. The summed E-state index contributed by atoms with van der Waals surface area (Å²) in [5.74, 6) is 0.679. The van der Waals surface area contributed by atoms with Crippen LogP contribution in [-0.2, 0) is 11.2 Å². The van der Waals surface area contributed by atoms with Gasteiger partial charge in [-0.3, -0.25) is 4.79 Å². The molecule has 1 aliphatic heterocycles. The second-order valence-electron chi connectivity index (χ2n) is 6.14. The number of fused-ring (bicyclic) bond motifs is 1. The normalized spacial score (nSPS) is 16.6. The molecule has 0 N–H and O–H groups in total. The fourth-order valence-corrected chi connectivity index (χ4v) is 3.32. The summed E-state index contributed by atoms with van der Waals surface area (Å²) in [5, 5.41) is 0. The molecular formula is C20H23NO. The van der Waals surface area contributed by atoms with E-state index < -0.39 is 0 Å². The molecule has 0 fully saturated rings. The lowest BCUT2D eigenvalue weighted by Crippen LogP contribution is -2.29. The van der Waals surface area contributed by atoms with Gasteiger partial charge in [-0.2, -0.15) is 0 Å². The van der Waals surface area contributed by atoms with Crippen molar-refractivity contribution in [2.75, 3.05) is 11.4 Å². The molecule has 2 aromatic rings. The van der Waals surface area contributed by atoms with E-state index >= 15 is 0 Å². The molecule has 1 unspecified atom stereocenters. The van der Waals surface area contributed by atoms with Crippen molar-refractivity contribution >= 4 is 11.6 Å². The van der Waals surface area contributed by atoms with E-state index in [1.807, 2.05) is 11.8 Å². The summed E-state index contributed by atoms with van der Waals surface area (Å²) < 4.78 is 0. The maximum Gasteiger partial charge on any atom is 0.226 e. The highest BCUT2D eigenvalue weighted by atomic mass is 16.2. The highest BCUT2D eigenvalue weighted by Gasteiger charge is 2.31. The summed E-state index contributed by atoms with van der Waals surface area (Å²) >= 11 is 0. The van der Waals surface area contributed by atoms with Gasteiger partial charge in [-0.1, -0.05) is 55.0 Å². The van der Waals surface area contributed by atoms with Crippen molar-refractivity contribution in [3.63, 3.8) is 0 Å². The Bertz CT molecular complexity index is 663. The molecule has 0 aromatic heterocycles. The SMILES string of the molecule is CCC(=O)N1CC(CCc2ccccc2)c2cc(C)ccc21. The third-order valence-corrected chi connectivity index (χ3v) is 4.54. The van der Waals surface area contributed by atoms with Gasteiger partial charge in [0.25, 0.3) is 0 Å². The summed E-state index contributed by atoms with van der Waals surface area (Å²) in [6.07, 6.45) is 2.72. The second kappa shape index (κ2) is 6.35. The number of aryl methyl sites for hydroxylation is 2. The van der Waals surface area contributed by atoms with Gasteiger partial charge in [0.05, 0.1) is 0 Å². The van der Waals surface area contributed by atoms with E-state index in [2.05, 4.69) is 55.5 Å². The van der Waals surface area contributed by atoms with E-state index in [0.717, 1.165) is 25.1 Å². The lowest BCUT2D eigenvalue weighted by atomic mass is 9.93. The van der Waals surface area contributed by atoms with Crippen molar-refractivity contribution in [1.82, 2.24) is 0 Å². The van der Waals surface area contributed by atoms with Crippen LogP contribution in [0.3, 0.4) is 0 Å². The molecule has 1 aliphatic rings. The Hall–Kier alpha value is -2.09. The molecule has 2 heteroatoms. The monoisotopic (exact) mass is 293 g/mol. The van der Waals surface area contributed by atoms with Crippen LogP contribution in [0.5, 0.6) is 0 Å². The van der Waals surface area contributed by atoms with Crippen LogP contribution in [0.15, 0.2) is 48.5 Å². The number of carbonyl (C=O) groups excluding carboxylic acids is 1. The number of hydrogen-bond donors (Lipinski definition) is 0. The Kier molecular flexibility index (Phi) is 4.28. The number of hydrogen-bond acceptors (Lipinski definition) is 1. The zero-order valence-corrected chi connectivity index (χ0v) is 13.4. The number of carbonyl (C=O) groups is 1. The third-order valence-electron chi connectivity index (χ3n) is 4.54. The van der Waals surface area contributed by atoms with Crippen LogP contribution in [-0.4, -0.2) is 12.5 Å². The Labute approximate surface area is 132 Å². The highest BCUT2D eigenvalue weighted by molar-refractivity contribution is 5.95. The van der Waals surface area contributed by atoms with Gasteiger partial charge in [-0.05, 0) is 37.0 Å². The zero-order chi connectivity index (χ0) is 15.5. The van der Waals surface area contributed by atoms with Crippen molar-refractivity contribution in [2.45, 2.75) is 39.0 Å². The zero-order valence-electron chi connectivity index (χ0n) is 13.4. The maximum absolute atomic E-state index is 12.2. The van der Waals surface area contributed by atoms with Crippen LogP contribution in [0.2, 0.25) is 0 Å². The van der Waals surface area contributed by atoms with Gasteiger partial charge in [-0.25, -0.2) is 0 Å². The summed E-state index contributed by atoms with van der Waals surface area (Å²) in [6.45, 7) is 4.89. The van der Waals surface area contributed by atoms with Crippen molar-refractivity contribution in [3.8, 4) is 0 Å². The molecule has 22 heavy (non-hydrogen) atoms. The number of amides is 1. The Morgan fingerprint density at radius 2 is 1.95 bits per heavy atom. The molecule has 0 saturated carbocycles. The van der Waals surface area contributed by atoms with Gasteiger partial charge in [0, 0.05) is 24.6 Å². The molecule has 0 bridgehead atoms. The molecule has 1 amide bonds.